The minimum atomic E-state index is -0.569. The lowest BCUT2D eigenvalue weighted by Crippen LogP contribution is -2.16. The summed E-state index contributed by atoms with van der Waals surface area (Å²) in [7, 11) is 0. The first-order chi connectivity index (χ1) is 11.0. The Morgan fingerprint density at radius 2 is 2.04 bits per heavy atom. The van der Waals surface area contributed by atoms with Crippen molar-refractivity contribution in [1.82, 2.24) is 4.98 Å². The summed E-state index contributed by atoms with van der Waals surface area (Å²) in [6.07, 6.45) is -0.569. The van der Waals surface area contributed by atoms with Crippen molar-refractivity contribution in [2.45, 2.75) is 20.0 Å². The maximum Gasteiger partial charge on any atom is 0.280 e. The van der Waals surface area contributed by atoms with E-state index < -0.39 is 11.0 Å². The molecule has 0 saturated carbocycles. The Kier molecular flexibility index (Phi) is 3.83. The van der Waals surface area contributed by atoms with Gasteiger partial charge < -0.3 is 10.4 Å². The van der Waals surface area contributed by atoms with Crippen LogP contribution in [-0.4, -0.2) is 27.7 Å². The van der Waals surface area contributed by atoms with Gasteiger partial charge in [-0.1, -0.05) is 24.3 Å². The van der Waals surface area contributed by atoms with Gasteiger partial charge in [0.2, 0.25) is 0 Å². The fourth-order valence-corrected chi connectivity index (χ4v) is 2.70. The van der Waals surface area contributed by atoms with Crippen molar-refractivity contribution in [2.75, 3.05) is 11.9 Å². The van der Waals surface area contributed by atoms with Crippen LogP contribution in [-0.2, 0) is 0 Å². The van der Waals surface area contributed by atoms with Gasteiger partial charge in [0.15, 0.2) is 0 Å². The summed E-state index contributed by atoms with van der Waals surface area (Å²) in [5.41, 5.74) is 2.89. The van der Waals surface area contributed by atoms with Gasteiger partial charge in [0.25, 0.3) is 5.69 Å². The molecule has 2 N–H and O–H groups in total. The normalized spacial score (nSPS) is 12.5. The van der Waals surface area contributed by atoms with Gasteiger partial charge in [-0.15, -0.1) is 0 Å². The molecule has 0 aliphatic heterocycles. The number of nitrogens with zero attached hydrogens (tertiary/aromatic N) is 2. The van der Waals surface area contributed by atoms with Crippen LogP contribution in [0.2, 0.25) is 0 Å². The topological polar surface area (TPSA) is 88.3 Å². The van der Waals surface area contributed by atoms with E-state index in [0.717, 1.165) is 16.5 Å². The molecule has 118 valence electrons. The zero-order valence-corrected chi connectivity index (χ0v) is 12.9. The molecule has 1 aromatic heterocycles. The monoisotopic (exact) mass is 311 g/mol. The van der Waals surface area contributed by atoms with Crippen molar-refractivity contribution in [3.8, 4) is 0 Å². The zero-order valence-electron chi connectivity index (χ0n) is 12.9. The number of nitrogens with one attached hydrogen (secondary N) is 1. The Morgan fingerprint density at radius 3 is 2.74 bits per heavy atom. The highest BCUT2D eigenvalue weighted by atomic mass is 16.6. The quantitative estimate of drug-likeness (QED) is 0.438. The van der Waals surface area contributed by atoms with Crippen LogP contribution in [0.3, 0.4) is 0 Å². The molecule has 1 unspecified atom stereocenters. The smallest absolute Gasteiger partial charge is 0.280 e. The molecule has 1 atom stereocenters. The molecule has 3 aromatic rings. The fourth-order valence-electron chi connectivity index (χ4n) is 2.70. The summed E-state index contributed by atoms with van der Waals surface area (Å²) in [6, 6.07) is 10.7. The highest BCUT2D eigenvalue weighted by Gasteiger charge is 2.20. The number of fused-ring (bicyclic) bond motifs is 2. The Balaban J connectivity index is 2.43. The Hall–Kier alpha value is -2.73. The third-order valence-electron chi connectivity index (χ3n) is 3.78. The predicted octanol–water partition coefficient (Wildman–Crippen LogP) is 3.40. The third-order valence-corrected chi connectivity index (χ3v) is 3.78. The second-order valence-electron chi connectivity index (χ2n) is 5.62. The summed E-state index contributed by atoms with van der Waals surface area (Å²) < 4.78 is 0. The number of aliphatic hydroxyl groups is 1. The number of nitro benzene ring substituents is 1. The van der Waals surface area contributed by atoms with Gasteiger partial charge in [-0.3, -0.25) is 10.1 Å². The number of aliphatic hydroxyl groups excluding tert-OH is 1. The van der Waals surface area contributed by atoms with E-state index in [1.54, 1.807) is 13.0 Å². The lowest BCUT2D eigenvalue weighted by Gasteiger charge is -2.15. The van der Waals surface area contributed by atoms with E-state index in [0.29, 0.717) is 23.1 Å². The first-order valence-electron chi connectivity index (χ1n) is 7.37. The molecule has 0 aliphatic rings. The van der Waals surface area contributed by atoms with Crippen LogP contribution in [0.15, 0.2) is 36.4 Å². The molecule has 3 rings (SSSR count). The second kappa shape index (κ2) is 5.81. The number of pyridine rings is 1. The van der Waals surface area contributed by atoms with Gasteiger partial charge >= 0.3 is 0 Å². The van der Waals surface area contributed by atoms with Crippen molar-refractivity contribution in [1.29, 1.82) is 0 Å². The zero-order chi connectivity index (χ0) is 16.6. The maximum atomic E-state index is 11.5. The number of hydrogen-bond donors (Lipinski definition) is 2. The molecule has 0 bridgehead atoms. The average Bonchev–Trinajstić information content (AvgIpc) is 2.52. The number of para-hydroxylation sites is 1. The molecule has 2 aromatic carbocycles. The molecule has 0 saturated heterocycles. The Labute approximate surface area is 132 Å². The molecule has 0 fully saturated rings. The SMILES string of the molecule is Cc1ccc([N+](=O)[O-])c2c(NCC(C)O)c3ccccc3nc12. The van der Waals surface area contributed by atoms with E-state index in [9.17, 15) is 15.2 Å². The molecule has 0 aliphatic carbocycles. The summed E-state index contributed by atoms with van der Waals surface area (Å²) >= 11 is 0. The summed E-state index contributed by atoms with van der Waals surface area (Å²) in [5.74, 6) is 0. The molecule has 6 nitrogen and oxygen atoms in total. The molecular weight excluding hydrogens is 294 g/mol. The standard InChI is InChI=1S/C17H17N3O3/c1-10-7-8-14(20(22)23)15-16(10)19-13-6-4-3-5-12(13)17(15)18-9-11(2)21/h3-8,11,21H,9H2,1-2H3,(H,18,19). The van der Waals surface area contributed by atoms with Gasteiger partial charge in [-0.05, 0) is 25.5 Å². The van der Waals surface area contributed by atoms with E-state index in [1.807, 2.05) is 31.2 Å². The maximum absolute atomic E-state index is 11.5. The lowest BCUT2D eigenvalue weighted by molar-refractivity contribution is -0.383. The summed E-state index contributed by atoms with van der Waals surface area (Å²) in [4.78, 5) is 15.7. The van der Waals surface area contributed by atoms with Crippen LogP contribution >= 0.6 is 0 Å². The molecule has 1 heterocycles. The fraction of sp³-hybridized carbons (Fsp3) is 0.235. The van der Waals surface area contributed by atoms with E-state index in [1.165, 1.54) is 6.07 Å². The van der Waals surface area contributed by atoms with Crippen molar-refractivity contribution in [3.63, 3.8) is 0 Å². The number of aromatic nitrogens is 1. The van der Waals surface area contributed by atoms with Gasteiger partial charge in [0.1, 0.15) is 5.39 Å². The summed E-state index contributed by atoms with van der Waals surface area (Å²) in [5, 5.41) is 25.5. The van der Waals surface area contributed by atoms with Crippen LogP contribution in [0.4, 0.5) is 11.4 Å². The number of non-ortho nitro benzene ring substituents is 1. The van der Waals surface area contributed by atoms with Crippen LogP contribution in [0.1, 0.15) is 12.5 Å². The molecule has 0 spiro atoms. The average molecular weight is 311 g/mol. The Bertz CT molecular complexity index is 906. The third kappa shape index (κ3) is 2.68. The van der Waals surface area contributed by atoms with Crippen molar-refractivity contribution in [3.05, 3.63) is 52.1 Å². The highest BCUT2D eigenvalue weighted by molar-refractivity contribution is 6.11. The predicted molar refractivity (Wildman–Crippen MR) is 90.8 cm³/mol. The van der Waals surface area contributed by atoms with Crippen LogP contribution in [0, 0.1) is 17.0 Å². The van der Waals surface area contributed by atoms with E-state index in [4.69, 9.17) is 0 Å². The number of benzene rings is 2. The first-order valence-corrected chi connectivity index (χ1v) is 7.37. The first kappa shape index (κ1) is 15.2. The number of hydrogen-bond acceptors (Lipinski definition) is 5. The molecule has 0 amide bonds. The van der Waals surface area contributed by atoms with Gasteiger partial charge in [0, 0.05) is 18.0 Å². The van der Waals surface area contributed by atoms with Crippen molar-refractivity contribution in [2.24, 2.45) is 0 Å². The molecule has 0 radical (unpaired) electrons. The molecular formula is C17H17N3O3. The second-order valence-corrected chi connectivity index (χ2v) is 5.62. The van der Waals surface area contributed by atoms with Gasteiger partial charge in [0.05, 0.1) is 27.7 Å². The van der Waals surface area contributed by atoms with E-state index in [2.05, 4.69) is 10.3 Å². The summed E-state index contributed by atoms with van der Waals surface area (Å²) in [6.45, 7) is 3.85. The van der Waals surface area contributed by atoms with Crippen LogP contribution < -0.4 is 5.32 Å². The Morgan fingerprint density at radius 1 is 1.30 bits per heavy atom. The minimum absolute atomic E-state index is 0.0111. The molecule has 23 heavy (non-hydrogen) atoms. The number of anilines is 1. The minimum Gasteiger partial charge on any atom is -0.392 e. The number of nitro groups is 1. The largest absolute Gasteiger partial charge is 0.392 e. The van der Waals surface area contributed by atoms with Gasteiger partial charge in [-0.2, -0.15) is 0 Å². The highest BCUT2D eigenvalue weighted by Crippen LogP contribution is 2.37. The lowest BCUT2D eigenvalue weighted by atomic mass is 10.0. The van der Waals surface area contributed by atoms with Crippen LogP contribution in [0.5, 0.6) is 0 Å². The van der Waals surface area contributed by atoms with Crippen LogP contribution in [0.25, 0.3) is 21.8 Å². The van der Waals surface area contributed by atoms with E-state index in [-0.39, 0.29) is 5.69 Å². The number of rotatable bonds is 4. The van der Waals surface area contributed by atoms with Gasteiger partial charge in [-0.25, -0.2) is 4.98 Å². The van der Waals surface area contributed by atoms with Crippen molar-refractivity contribution < 1.29 is 10.0 Å². The van der Waals surface area contributed by atoms with E-state index >= 15 is 0 Å². The number of aryl methyl sites for hydroxylation is 1. The molecule has 6 heteroatoms. The van der Waals surface area contributed by atoms with Crippen molar-refractivity contribution >= 4 is 33.2 Å².